The van der Waals surface area contributed by atoms with Gasteiger partial charge in [-0.1, -0.05) is 12.1 Å². The Morgan fingerprint density at radius 3 is 1.45 bits per heavy atom. The number of rotatable bonds is 5. The first-order valence-electron chi connectivity index (χ1n) is 6.45. The van der Waals surface area contributed by atoms with Gasteiger partial charge in [-0.05, 0) is 37.1 Å². The van der Waals surface area contributed by atoms with E-state index in [0.717, 1.165) is 34.0 Å². The van der Waals surface area contributed by atoms with Crippen LogP contribution in [0.15, 0.2) is 36.4 Å². The normalized spacial score (nSPS) is 10.0. The van der Waals surface area contributed by atoms with Gasteiger partial charge in [0, 0.05) is 12.1 Å². The van der Waals surface area contributed by atoms with E-state index in [4.69, 9.17) is 9.47 Å². The minimum absolute atomic E-state index is 0.860. The van der Waals surface area contributed by atoms with Crippen LogP contribution in [0.2, 0.25) is 0 Å². The Morgan fingerprint density at radius 2 is 1.10 bits per heavy atom. The highest BCUT2D eigenvalue weighted by Gasteiger charge is 2.02. The second-order valence-electron chi connectivity index (χ2n) is 4.62. The number of ether oxygens (including phenoxy) is 2. The van der Waals surface area contributed by atoms with Crippen LogP contribution < -0.4 is 20.3 Å². The Hall–Kier alpha value is -2.36. The van der Waals surface area contributed by atoms with E-state index < -0.39 is 0 Å². The second kappa shape index (κ2) is 6.19. The molecule has 0 aliphatic rings. The maximum atomic E-state index is 5.30. The molecule has 0 heterocycles. The van der Waals surface area contributed by atoms with Crippen LogP contribution in [0.3, 0.4) is 0 Å². The van der Waals surface area contributed by atoms with Gasteiger partial charge in [0.2, 0.25) is 0 Å². The van der Waals surface area contributed by atoms with E-state index in [-0.39, 0.29) is 0 Å². The molecule has 0 spiro atoms. The highest BCUT2D eigenvalue weighted by molar-refractivity contribution is 5.58. The van der Waals surface area contributed by atoms with Crippen molar-refractivity contribution in [1.82, 2.24) is 0 Å². The summed E-state index contributed by atoms with van der Waals surface area (Å²) >= 11 is 0. The van der Waals surface area contributed by atoms with Crippen molar-refractivity contribution in [3.8, 4) is 11.5 Å². The first kappa shape index (κ1) is 14.1. The molecule has 106 valence electrons. The number of aryl methyl sites for hydroxylation is 2. The van der Waals surface area contributed by atoms with Gasteiger partial charge in [-0.25, -0.2) is 0 Å². The highest BCUT2D eigenvalue weighted by atomic mass is 16.5. The third-order valence-electron chi connectivity index (χ3n) is 3.17. The van der Waals surface area contributed by atoms with Crippen LogP contribution >= 0.6 is 0 Å². The van der Waals surface area contributed by atoms with E-state index in [1.807, 2.05) is 50.2 Å². The Labute approximate surface area is 119 Å². The van der Waals surface area contributed by atoms with E-state index in [0.29, 0.717) is 0 Å². The van der Waals surface area contributed by atoms with Gasteiger partial charge >= 0.3 is 0 Å². The molecule has 0 saturated carbocycles. The lowest BCUT2D eigenvalue weighted by molar-refractivity contribution is 0.411. The molecule has 0 aliphatic heterocycles. The quantitative estimate of drug-likeness (QED) is 0.813. The van der Waals surface area contributed by atoms with Crippen LogP contribution in [-0.2, 0) is 0 Å². The van der Waals surface area contributed by atoms with Gasteiger partial charge in [-0.3, -0.25) is 0 Å². The fourth-order valence-corrected chi connectivity index (χ4v) is 1.94. The number of methoxy groups -OCH3 is 2. The minimum atomic E-state index is 0.860. The summed E-state index contributed by atoms with van der Waals surface area (Å²) in [6.45, 7) is 4.03. The summed E-state index contributed by atoms with van der Waals surface area (Å²) in [4.78, 5) is 0. The molecule has 0 bridgehead atoms. The van der Waals surface area contributed by atoms with Crippen molar-refractivity contribution >= 4 is 11.4 Å². The van der Waals surface area contributed by atoms with Crippen LogP contribution in [0.1, 0.15) is 11.1 Å². The molecule has 0 atom stereocenters. The number of hydrogen-bond acceptors (Lipinski definition) is 4. The number of nitrogens with one attached hydrogen (secondary N) is 2. The summed E-state index contributed by atoms with van der Waals surface area (Å²) in [6.07, 6.45) is 0. The van der Waals surface area contributed by atoms with E-state index in [2.05, 4.69) is 10.9 Å². The summed E-state index contributed by atoms with van der Waals surface area (Å²) in [5, 5.41) is 0. The largest absolute Gasteiger partial charge is 0.496 e. The Morgan fingerprint density at radius 1 is 0.700 bits per heavy atom. The zero-order valence-electron chi connectivity index (χ0n) is 12.3. The monoisotopic (exact) mass is 272 g/mol. The molecule has 4 heteroatoms. The van der Waals surface area contributed by atoms with Crippen molar-refractivity contribution in [2.45, 2.75) is 13.8 Å². The molecule has 2 rings (SSSR count). The smallest absolute Gasteiger partial charge is 0.123 e. The predicted octanol–water partition coefficient (Wildman–Crippen LogP) is 3.76. The van der Waals surface area contributed by atoms with Crippen LogP contribution in [0.25, 0.3) is 0 Å². The molecule has 2 aromatic rings. The average Bonchev–Trinajstić information content (AvgIpc) is 2.47. The molecule has 0 aliphatic carbocycles. The van der Waals surface area contributed by atoms with Crippen molar-refractivity contribution in [1.29, 1.82) is 0 Å². The molecule has 0 radical (unpaired) electrons. The van der Waals surface area contributed by atoms with Crippen LogP contribution in [-0.4, -0.2) is 14.2 Å². The third-order valence-corrected chi connectivity index (χ3v) is 3.17. The van der Waals surface area contributed by atoms with Gasteiger partial charge in [0.1, 0.15) is 11.5 Å². The molecule has 2 aromatic carbocycles. The third kappa shape index (κ3) is 3.15. The first-order chi connectivity index (χ1) is 9.63. The SMILES string of the molecule is COc1cc(NNc2ccc(C)c(OC)c2)ccc1C. The van der Waals surface area contributed by atoms with Gasteiger partial charge in [0.15, 0.2) is 0 Å². The zero-order valence-corrected chi connectivity index (χ0v) is 12.3. The standard InChI is InChI=1S/C16H20N2O2/c1-11-5-7-13(9-15(11)19-3)17-18-14-8-6-12(2)16(10-14)20-4/h5-10,17-18H,1-4H3. The Kier molecular flexibility index (Phi) is 4.35. The second-order valence-corrected chi connectivity index (χ2v) is 4.62. The lowest BCUT2D eigenvalue weighted by Gasteiger charge is -2.13. The molecule has 0 saturated heterocycles. The van der Waals surface area contributed by atoms with E-state index in [1.54, 1.807) is 14.2 Å². The Bertz CT molecular complexity index is 544. The van der Waals surface area contributed by atoms with E-state index >= 15 is 0 Å². The predicted molar refractivity (Wildman–Crippen MR) is 82.7 cm³/mol. The van der Waals surface area contributed by atoms with E-state index in [9.17, 15) is 0 Å². The van der Waals surface area contributed by atoms with Crippen LogP contribution in [0.4, 0.5) is 11.4 Å². The summed E-state index contributed by atoms with van der Waals surface area (Å²) in [5.41, 5.74) is 10.4. The fourth-order valence-electron chi connectivity index (χ4n) is 1.94. The first-order valence-corrected chi connectivity index (χ1v) is 6.45. The molecular weight excluding hydrogens is 252 g/mol. The van der Waals surface area contributed by atoms with Gasteiger partial charge in [0.25, 0.3) is 0 Å². The molecule has 4 nitrogen and oxygen atoms in total. The van der Waals surface area contributed by atoms with Crippen molar-refractivity contribution in [2.75, 3.05) is 25.1 Å². The lowest BCUT2D eigenvalue weighted by atomic mass is 10.2. The molecule has 0 aromatic heterocycles. The number of hydrazine groups is 1. The maximum Gasteiger partial charge on any atom is 0.123 e. The summed E-state index contributed by atoms with van der Waals surface area (Å²) < 4.78 is 10.6. The molecular formula is C16H20N2O2. The van der Waals surface area contributed by atoms with Crippen LogP contribution in [0, 0.1) is 13.8 Å². The number of benzene rings is 2. The number of anilines is 2. The van der Waals surface area contributed by atoms with Gasteiger partial charge in [-0.2, -0.15) is 0 Å². The number of hydrogen-bond donors (Lipinski definition) is 2. The van der Waals surface area contributed by atoms with Crippen LogP contribution in [0.5, 0.6) is 11.5 Å². The molecule has 0 amide bonds. The molecule has 20 heavy (non-hydrogen) atoms. The van der Waals surface area contributed by atoms with Crippen molar-refractivity contribution in [3.63, 3.8) is 0 Å². The molecule has 0 fully saturated rings. The summed E-state index contributed by atoms with van der Waals surface area (Å²) in [7, 11) is 3.34. The molecule has 0 unspecified atom stereocenters. The van der Waals surface area contributed by atoms with Crippen molar-refractivity contribution < 1.29 is 9.47 Å². The molecule has 2 N–H and O–H groups in total. The topological polar surface area (TPSA) is 42.5 Å². The Balaban J connectivity index is 2.08. The average molecular weight is 272 g/mol. The summed E-state index contributed by atoms with van der Waals surface area (Å²) in [6, 6.07) is 11.9. The fraction of sp³-hybridized carbons (Fsp3) is 0.250. The maximum absolute atomic E-state index is 5.30. The van der Waals surface area contributed by atoms with E-state index in [1.165, 1.54) is 0 Å². The van der Waals surface area contributed by atoms with Crippen molar-refractivity contribution in [2.24, 2.45) is 0 Å². The highest BCUT2D eigenvalue weighted by Crippen LogP contribution is 2.24. The van der Waals surface area contributed by atoms with Gasteiger partial charge in [-0.15, -0.1) is 0 Å². The lowest BCUT2D eigenvalue weighted by Crippen LogP contribution is -2.09. The summed E-state index contributed by atoms with van der Waals surface area (Å²) in [5.74, 6) is 1.72. The zero-order chi connectivity index (χ0) is 14.5. The minimum Gasteiger partial charge on any atom is -0.496 e. The van der Waals surface area contributed by atoms with Gasteiger partial charge in [0.05, 0.1) is 25.6 Å². The van der Waals surface area contributed by atoms with Crippen molar-refractivity contribution in [3.05, 3.63) is 47.5 Å². The van der Waals surface area contributed by atoms with Gasteiger partial charge < -0.3 is 20.3 Å².